The Kier molecular flexibility index (Phi) is 8.77. The number of carbonyl (C=O) groups is 2. The molecule has 2 amide bonds. The number of aromatic nitrogens is 1. The SMILES string of the molecule is C=CC(F)(F)C1=ICN(c2ncccc2Cl)C(C(=O)Nc2c(C)cc(I)cc2C(=O)NC(C)(C#N)C2CC2)=C1. The normalized spacial score (nSPS) is 17.0. The molecular weight excluding hydrogens is 754 g/mol. The molecule has 1 aliphatic carbocycles. The summed E-state index contributed by atoms with van der Waals surface area (Å²) in [6.07, 6.45) is 4.92. The maximum atomic E-state index is 14.6. The van der Waals surface area contributed by atoms with Crippen molar-refractivity contribution in [2.75, 3.05) is 14.8 Å². The number of rotatable bonds is 8. The van der Waals surface area contributed by atoms with E-state index in [4.69, 9.17) is 11.6 Å². The van der Waals surface area contributed by atoms with Crippen molar-refractivity contribution in [1.29, 1.82) is 5.26 Å². The Morgan fingerprint density at radius 2 is 2.08 bits per heavy atom. The standard InChI is InChI=1S/C27H24ClF2I2N5O2/c1-4-27(29,30)21-12-20(37(14-32-21)23-19(28)6-5-9-34-23)25(39)35-22-15(2)10-17(31)11-18(22)24(38)36-26(3,13-33)16-7-8-16/h4-6,9-12,16H,1,7-8,14H2,2-3H3,(H,35,39)(H,36,38). The van der Waals surface area contributed by atoms with Crippen LogP contribution in [0.1, 0.15) is 35.7 Å². The molecule has 1 saturated carbocycles. The number of anilines is 2. The van der Waals surface area contributed by atoms with E-state index in [1.54, 1.807) is 38.1 Å². The molecule has 39 heavy (non-hydrogen) atoms. The molecule has 204 valence electrons. The van der Waals surface area contributed by atoms with Crippen LogP contribution in [0.3, 0.4) is 0 Å². The molecule has 4 rings (SSSR count). The van der Waals surface area contributed by atoms with Gasteiger partial charge in [0.15, 0.2) is 5.82 Å². The van der Waals surface area contributed by atoms with Crippen LogP contribution < -0.4 is 15.5 Å². The van der Waals surface area contributed by atoms with Gasteiger partial charge in [0.25, 0.3) is 17.7 Å². The number of amides is 2. The van der Waals surface area contributed by atoms with E-state index in [0.29, 0.717) is 11.6 Å². The molecule has 2 N–H and O–H groups in total. The number of nitrogens with one attached hydrogen (secondary N) is 2. The number of carbonyl (C=O) groups excluding carboxylic acids is 2. The van der Waals surface area contributed by atoms with Crippen molar-refractivity contribution in [3.63, 3.8) is 0 Å². The number of pyridine rings is 1. The molecule has 1 aromatic heterocycles. The fourth-order valence-corrected chi connectivity index (χ4v) is 7.74. The van der Waals surface area contributed by atoms with E-state index in [0.717, 1.165) is 16.4 Å². The van der Waals surface area contributed by atoms with Crippen molar-refractivity contribution < 1.29 is 18.4 Å². The average molecular weight is 778 g/mol. The molecule has 1 atom stereocenters. The molecule has 0 saturated heterocycles. The van der Waals surface area contributed by atoms with Gasteiger partial charge in [-0.3, -0.25) is 9.59 Å². The molecule has 0 radical (unpaired) electrons. The fraction of sp³-hybridized carbons (Fsp3) is 0.296. The molecular formula is C27H24ClF2I2N5O2. The number of benzene rings is 1. The predicted octanol–water partition coefficient (Wildman–Crippen LogP) is 6.33. The third-order valence-electron chi connectivity index (χ3n) is 6.46. The Labute approximate surface area is 253 Å². The van der Waals surface area contributed by atoms with E-state index in [9.17, 15) is 23.6 Å². The van der Waals surface area contributed by atoms with Gasteiger partial charge in [0.05, 0.1) is 30.4 Å². The summed E-state index contributed by atoms with van der Waals surface area (Å²) in [5.74, 6) is -4.16. The number of alkyl halides is 3. The second-order valence-electron chi connectivity index (χ2n) is 9.34. The highest BCUT2D eigenvalue weighted by atomic mass is 127. The second-order valence-corrected chi connectivity index (χ2v) is 13.6. The van der Waals surface area contributed by atoms with Gasteiger partial charge in [-0.25, -0.2) is 4.98 Å². The number of halogens is 5. The molecule has 1 unspecified atom stereocenters. The van der Waals surface area contributed by atoms with Gasteiger partial charge < -0.3 is 15.5 Å². The van der Waals surface area contributed by atoms with E-state index >= 15 is 0 Å². The highest BCUT2D eigenvalue weighted by molar-refractivity contribution is 14.2. The maximum absolute atomic E-state index is 14.6. The van der Waals surface area contributed by atoms with Crippen LogP contribution in [0.15, 0.2) is 54.9 Å². The van der Waals surface area contributed by atoms with Crippen LogP contribution in [0.5, 0.6) is 0 Å². The first-order valence-corrected chi connectivity index (χ1v) is 15.9. The van der Waals surface area contributed by atoms with Gasteiger partial charge in [0.1, 0.15) is 11.2 Å². The van der Waals surface area contributed by atoms with Crippen molar-refractivity contribution >= 4 is 81.8 Å². The highest BCUT2D eigenvalue weighted by Gasteiger charge is 2.43. The minimum Gasteiger partial charge on any atom is -0.334 e. The number of nitriles is 1. The Balaban J connectivity index is 1.73. The van der Waals surface area contributed by atoms with Gasteiger partial charge in [0.2, 0.25) is 0 Å². The lowest BCUT2D eigenvalue weighted by atomic mass is 9.96. The van der Waals surface area contributed by atoms with E-state index < -0.39 is 44.0 Å². The van der Waals surface area contributed by atoms with E-state index in [1.165, 1.54) is 17.2 Å². The van der Waals surface area contributed by atoms with Crippen molar-refractivity contribution in [1.82, 2.24) is 10.3 Å². The highest BCUT2D eigenvalue weighted by Crippen LogP contribution is 2.40. The summed E-state index contributed by atoms with van der Waals surface area (Å²) in [7, 11) is 0. The molecule has 2 aromatic rings. The Morgan fingerprint density at radius 1 is 1.36 bits per heavy atom. The first-order valence-electron chi connectivity index (χ1n) is 11.8. The van der Waals surface area contributed by atoms with Gasteiger partial charge in [-0.2, -0.15) is 14.0 Å². The van der Waals surface area contributed by atoms with Crippen molar-refractivity contribution in [3.05, 3.63) is 74.6 Å². The fourth-order valence-electron chi connectivity index (χ4n) is 4.09. The Bertz CT molecular complexity index is 1470. The van der Waals surface area contributed by atoms with Crippen molar-refractivity contribution in [2.24, 2.45) is 5.92 Å². The monoisotopic (exact) mass is 777 g/mol. The zero-order valence-corrected chi connectivity index (χ0v) is 26.1. The Morgan fingerprint density at radius 3 is 2.69 bits per heavy atom. The van der Waals surface area contributed by atoms with Gasteiger partial charge in [-0.05, 0) is 97.2 Å². The average Bonchev–Trinajstić information content (AvgIpc) is 3.76. The summed E-state index contributed by atoms with van der Waals surface area (Å²) >= 11 is 7.21. The lowest BCUT2D eigenvalue weighted by molar-refractivity contribution is -0.112. The molecule has 7 nitrogen and oxygen atoms in total. The van der Waals surface area contributed by atoms with Crippen LogP contribution in [0, 0.1) is 27.7 Å². The van der Waals surface area contributed by atoms with E-state index in [1.807, 2.05) is 0 Å². The molecule has 0 bridgehead atoms. The van der Waals surface area contributed by atoms with Crippen LogP contribution >= 0.6 is 54.9 Å². The van der Waals surface area contributed by atoms with Crippen LogP contribution in [-0.4, -0.2) is 36.3 Å². The topological polar surface area (TPSA) is 98.1 Å². The lowest BCUT2D eigenvalue weighted by Gasteiger charge is -2.30. The third-order valence-corrected chi connectivity index (χ3v) is 10.3. The summed E-state index contributed by atoms with van der Waals surface area (Å²) in [5, 5.41) is 15.6. The van der Waals surface area contributed by atoms with Gasteiger partial charge in [-0.1, -0.05) is 38.9 Å². The van der Waals surface area contributed by atoms with Crippen LogP contribution in [0.25, 0.3) is 0 Å². The van der Waals surface area contributed by atoms with Crippen molar-refractivity contribution in [2.45, 2.75) is 38.2 Å². The minimum absolute atomic E-state index is 0.0567. The number of allylic oxidation sites excluding steroid dienone is 2. The third kappa shape index (κ3) is 6.33. The summed E-state index contributed by atoms with van der Waals surface area (Å²) in [5.41, 5.74) is -0.143. The quantitative estimate of drug-likeness (QED) is 0.141. The smallest absolute Gasteiger partial charge is 0.296 e. The lowest BCUT2D eigenvalue weighted by Crippen LogP contribution is -2.47. The number of aryl methyl sites for hydroxylation is 1. The number of hydrogen-bond donors (Lipinski definition) is 2. The Hall–Kier alpha value is -2.44. The summed E-state index contributed by atoms with van der Waals surface area (Å²) < 4.78 is 29.9. The molecule has 12 heteroatoms. The zero-order chi connectivity index (χ0) is 28.5. The van der Waals surface area contributed by atoms with Crippen molar-refractivity contribution in [3.8, 4) is 6.07 Å². The summed E-state index contributed by atoms with van der Waals surface area (Å²) in [6, 6.07) is 8.84. The van der Waals surface area contributed by atoms with E-state index in [2.05, 4.69) is 50.9 Å². The largest absolute Gasteiger partial charge is 0.334 e. The first kappa shape index (κ1) is 29.5. The minimum atomic E-state index is -3.27. The van der Waals surface area contributed by atoms with Crippen LogP contribution in [0.2, 0.25) is 5.02 Å². The molecule has 2 heterocycles. The number of hydrogen-bond acceptors (Lipinski definition) is 5. The van der Waals surface area contributed by atoms with Crippen LogP contribution in [-0.2, 0) is 4.79 Å². The summed E-state index contributed by atoms with van der Waals surface area (Å²) in [6.45, 7) is 6.66. The first-order chi connectivity index (χ1) is 18.4. The molecule has 1 fully saturated rings. The molecule has 2 aliphatic rings. The molecule has 1 aliphatic heterocycles. The van der Waals surface area contributed by atoms with Gasteiger partial charge in [0, 0.05) is 9.77 Å². The second kappa shape index (κ2) is 11.6. The van der Waals surface area contributed by atoms with Gasteiger partial charge in [-0.15, -0.1) is 0 Å². The van der Waals surface area contributed by atoms with Crippen LogP contribution in [0.4, 0.5) is 20.3 Å². The predicted molar refractivity (Wildman–Crippen MR) is 166 cm³/mol. The number of nitrogens with zero attached hydrogens (tertiary/aromatic N) is 3. The summed E-state index contributed by atoms with van der Waals surface area (Å²) in [4.78, 5) is 33.0. The molecule has 0 spiro atoms. The molecule has 1 aromatic carbocycles. The van der Waals surface area contributed by atoms with Gasteiger partial charge >= 0.3 is 0 Å². The maximum Gasteiger partial charge on any atom is 0.296 e. The van der Waals surface area contributed by atoms with E-state index in [-0.39, 0.29) is 41.8 Å². The zero-order valence-electron chi connectivity index (χ0n) is 21.0.